The first-order chi connectivity index (χ1) is 16.3. The lowest BCUT2D eigenvalue weighted by atomic mass is 9.93. The lowest BCUT2D eigenvalue weighted by molar-refractivity contribution is -0.114. The molecule has 0 aliphatic rings. The summed E-state index contributed by atoms with van der Waals surface area (Å²) in [5.74, 6) is -3.22. The molecule has 4 aromatic rings. The van der Waals surface area contributed by atoms with Gasteiger partial charge in [-0.05, 0) is 52.6 Å². The van der Waals surface area contributed by atoms with Crippen LogP contribution in [0.4, 0.5) is 14.5 Å². The molecule has 0 radical (unpaired) electrons. The van der Waals surface area contributed by atoms with Crippen LogP contribution in [0.2, 0.25) is 5.02 Å². The molecule has 0 bridgehead atoms. The third-order valence-electron chi connectivity index (χ3n) is 5.68. The Hall–Kier alpha value is -3.57. The molecule has 0 saturated heterocycles. The number of benzene rings is 3. The van der Waals surface area contributed by atoms with Gasteiger partial charge in [-0.25, -0.2) is 8.78 Å². The predicted molar refractivity (Wildman–Crippen MR) is 134 cm³/mol. The molecule has 1 aromatic heterocycles. The first-order valence-corrected chi connectivity index (χ1v) is 11.3. The first kappa shape index (κ1) is 23.6. The van der Waals surface area contributed by atoms with Gasteiger partial charge in [0.05, 0.1) is 0 Å². The van der Waals surface area contributed by atoms with Crippen LogP contribution in [-0.4, -0.2) is 10.9 Å². The molecule has 6 heteroatoms. The summed E-state index contributed by atoms with van der Waals surface area (Å²) in [4.78, 5) is 16.0. The van der Waals surface area contributed by atoms with Crippen molar-refractivity contribution in [1.29, 1.82) is 0 Å². The quantitative estimate of drug-likeness (QED) is 0.304. The number of carbonyl (C=O) groups excluding carboxylic acids is 1. The van der Waals surface area contributed by atoms with Crippen LogP contribution < -0.4 is 5.32 Å². The second kappa shape index (κ2) is 9.74. The van der Waals surface area contributed by atoms with Crippen molar-refractivity contribution in [2.45, 2.75) is 26.2 Å². The first-order valence-electron chi connectivity index (χ1n) is 10.9. The predicted octanol–water partition coefficient (Wildman–Crippen LogP) is 8.20. The van der Waals surface area contributed by atoms with E-state index < -0.39 is 5.92 Å². The minimum absolute atomic E-state index is 0.0812. The highest BCUT2D eigenvalue weighted by molar-refractivity contribution is 6.30. The fraction of sp³-hybridized carbons (Fsp3) is 0.143. The minimum atomic E-state index is -2.95. The van der Waals surface area contributed by atoms with Crippen LogP contribution >= 0.6 is 11.6 Å². The molecule has 0 unspecified atom stereocenters. The Morgan fingerprint density at radius 3 is 2.09 bits per heavy atom. The van der Waals surface area contributed by atoms with Crippen LogP contribution in [0.5, 0.6) is 0 Å². The molecule has 0 saturated carbocycles. The van der Waals surface area contributed by atoms with Gasteiger partial charge in [-0.2, -0.15) is 0 Å². The van der Waals surface area contributed by atoms with E-state index in [1.54, 1.807) is 12.4 Å². The van der Waals surface area contributed by atoms with Crippen molar-refractivity contribution in [2.24, 2.45) is 0 Å². The molecule has 3 aromatic carbocycles. The molecule has 1 heterocycles. The van der Waals surface area contributed by atoms with E-state index in [4.69, 9.17) is 11.6 Å². The van der Waals surface area contributed by atoms with E-state index in [1.165, 1.54) is 32.0 Å². The number of halogens is 3. The molecule has 0 spiro atoms. The van der Waals surface area contributed by atoms with Crippen LogP contribution in [0, 0.1) is 0 Å². The van der Waals surface area contributed by atoms with E-state index in [0.29, 0.717) is 16.3 Å². The Morgan fingerprint density at radius 1 is 0.882 bits per heavy atom. The second-order valence-electron chi connectivity index (χ2n) is 8.01. The average molecular weight is 477 g/mol. The summed E-state index contributed by atoms with van der Waals surface area (Å²) in [5.41, 5.74) is 5.55. The second-order valence-corrected chi connectivity index (χ2v) is 8.44. The molecule has 34 heavy (non-hydrogen) atoms. The molecule has 0 atom stereocenters. The van der Waals surface area contributed by atoms with Crippen molar-refractivity contribution in [3.05, 3.63) is 95.8 Å². The van der Waals surface area contributed by atoms with Crippen molar-refractivity contribution in [3.63, 3.8) is 0 Å². The van der Waals surface area contributed by atoms with Crippen LogP contribution in [0.25, 0.3) is 33.4 Å². The Labute approximate surface area is 202 Å². The number of carbonyl (C=O) groups is 1. The van der Waals surface area contributed by atoms with E-state index in [1.807, 2.05) is 54.6 Å². The van der Waals surface area contributed by atoms with Crippen LogP contribution in [-0.2, 0) is 10.7 Å². The molecule has 1 N–H and O–H groups in total. The zero-order chi connectivity index (χ0) is 24.3. The van der Waals surface area contributed by atoms with E-state index in [0.717, 1.165) is 27.8 Å². The maximum Gasteiger partial charge on any atom is 0.273 e. The molecular formula is C28H23ClF2N2O. The normalized spacial score (nSPS) is 11.3. The monoisotopic (exact) mass is 476 g/mol. The summed E-state index contributed by atoms with van der Waals surface area (Å²) in [6.07, 6.45) is 3.23. The number of nitrogens with zero attached hydrogens (tertiary/aromatic N) is 1. The van der Waals surface area contributed by atoms with E-state index in [-0.39, 0.29) is 17.9 Å². The number of aromatic nitrogens is 1. The van der Waals surface area contributed by atoms with Gasteiger partial charge < -0.3 is 5.32 Å². The van der Waals surface area contributed by atoms with Gasteiger partial charge in [-0.15, -0.1) is 0 Å². The van der Waals surface area contributed by atoms with Crippen LogP contribution in [0.15, 0.2) is 85.2 Å². The highest BCUT2D eigenvalue weighted by Crippen LogP contribution is 2.38. The van der Waals surface area contributed by atoms with Gasteiger partial charge in [0.1, 0.15) is 0 Å². The van der Waals surface area contributed by atoms with E-state index in [9.17, 15) is 13.6 Å². The average Bonchev–Trinajstić information content (AvgIpc) is 2.84. The van der Waals surface area contributed by atoms with Crippen molar-refractivity contribution < 1.29 is 13.6 Å². The van der Waals surface area contributed by atoms with Crippen molar-refractivity contribution >= 4 is 23.2 Å². The van der Waals surface area contributed by atoms with Crippen molar-refractivity contribution in [2.75, 3.05) is 5.32 Å². The van der Waals surface area contributed by atoms with Crippen LogP contribution in [0.3, 0.4) is 0 Å². The Bertz CT molecular complexity index is 1320. The molecule has 3 nitrogen and oxygen atoms in total. The number of pyridine rings is 1. The molecular weight excluding hydrogens is 454 g/mol. The van der Waals surface area contributed by atoms with Gasteiger partial charge in [-0.3, -0.25) is 9.78 Å². The number of nitrogens with one attached hydrogen (secondary N) is 1. The molecule has 0 aliphatic carbocycles. The number of amides is 1. The topological polar surface area (TPSA) is 42.0 Å². The summed E-state index contributed by atoms with van der Waals surface area (Å²) in [6.45, 7) is 2.84. The maximum absolute atomic E-state index is 14.4. The number of hydrogen-bond acceptors (Lipinski definition) is 2. The number of hydrogen-bond donors (Lipinski definition) is 1. The summed E-state index contributed by atoms with van der Waals surface area (Å²) in [7, 11) is 0. The van der Waals surface area contributed by atoms with Gasteiger partial charge in [0.25, 0.3) is 5.92 Å². The zero-order valence-electron chi connectivity index (χ0n) is 18.8. The lowest BCUT2D eigenvalue weighted by Gasteiger charge is -2.18. The smallest absolute Gasteiger partial charge is 0.273 e. The molecule has 1 amide bonds. The third kappa shape index (κ3) is 5.00. The summed E-state index contributed by atoms with van der Waals surface area (Å²) >= 11 is 6.04. The van der Waals surface area contributed by atoms with Gasteiger partial charge in [0.2, 0.25) is 5.91 Å². The maximum atomic E-state index is 14.4. The summed E-state index contributed by atoms with van der Waals surface area (Å²) in [6, 6.07) is 21.4. The van der Waals surface area contributed by atoms with E-state index in [2.05, 4.69) is 10.3 Å². The fourth-order valence-electron chi connectivity index (χ4n) is 3.85. The largest absolute Gasteiger partial charge is 0.326 e. The Balaban J connectivity index is 1.76. The lowest BCUT2D eigenvalue weighted by Crippen LogP contribution is -2.13. The number of anilines is 1. The summed E-state index contributed by atoms with van der Waals surface area (Å²) in [5, 5.41) is 3.40. The highest BCUT2D eigenvalue weighted by atomic mass is 35.5. The standard InChI is InChI=1S/C28H23ClF2N2O/c1-3-28(30,31)22-10-13-27(33-18(2)34)25(16-22)20-6-4-19(5-7-20)24-14-15-32-17-26(24)21-8-11-23(29)12-9-21/h4-17H,3H2,1-2H3,(H,33,34). The number of rotatable bonds is 6. The van der Waals surface area contributed by atoms with Crippen molar-refractivity contribution in [1.82, 2.24) is 4.98 Å². The fourth-order valence-corrected chi connectivity index (χ4v) is 3.97. The van der Waals surface area contributed by atoms with E-state index >= 15 is 0 Å². The van der Waals surface area contributed by atoms with Gasteiger partial charge in [0, 0.05) is 53.1 Å². The Kier molecular flexibility index (Phi) is 6.75. The number of alkyl halides is 2. The Morgan fingerprint density at radius 2 is 1.47 bits per heavy atom. The highest BCUT2D eigenvalue weighted by Gasteiger charge is 2.29. The molecule has 4 rings (SSSR count). The van der Waals surface area contributed by atoms with Gasteiger partial charge >= 0.3 is 0 Å². The van der Waals surface area contributed by atoms with Gasteiger partial charge in [0.15, 0.2) is 0 Å². The summed E-state index contributed by atoms with van der Waals surface area (Å²) < 4.78 is 28.8. The minimum Gasteiger partial charge on any atom is -0.326 e. The van der Waals surface area contributed by atoms with Crippen molar-refractivity contribution in [3.8, 4) is 33.4 Å². The molecule has 0 fully saturated rings. The zero-order valence-corrected chi connectivity index (χ0v) is 19.5. The SMILES string of the molecule is CCC(F)(F)c1ccc(NC(C)=O)c(-c2ccc(-c3ccncc3-c3ccc(Cl)cc3)cc2)c1. The molecule has 172 valence electrons. The molecule has 0 aliphatic heterocycles. The van der Waals surface area contributed by atoms with Crippen LogP contribution in [0.1, 0.15) is 25.8 Å². The third-order valence-corrected chi connectivity index (χ3v) is 5.93. The van der Waals surface area contributed by atoms with Gasteiger partial charge in [-0.1, -0.05) is 61.0 Å².